The molecule has 6 heteroatoms. The van der Waals surface area contributed by atoms with Crippen molar-refractivity contribution in [2.75, 3.05) is 29.6 Å². The normalized spacial score (nSPS) is 11.1. The number of carbonyl (C=O) groups is 1. The van der Waals surface area contributed by atoms with Crippen LogP contribution in [-0.4, -0.2) is 33.7 Å². The van der Waals surface area contributed by atoms with Crippen molar-refractivity contribution in [2.45, 2.75) is 18.7 Å². The Balaban J connectivity index is 2.09. The van der Waals surface area contributed by atoms with Gasteiger partial charge in [0, 0.05) is 36.3 Å². The van der Waals surface area contributed by atoms with E-state index in [1.54, 1.807) is 0 Å². The third-order valence-electron chi connectivity index (χ3n) is 3.80. The summed E-state index contributed by atoms with van der Waals surface area (Å²) < 4.78 is 22.9. The van der Waals surface area contributed by atoms with Gasteiger partial charge in [-0.15, -0.1) is 0 Å². The molecule has 0 bridgehead atoms. The van der Waals surface area contributed by atoms with Crippen molar-refractivity contribution < 1.29 is 13.2 Å². The molecule has 5 nitrogen and oxygen atoms in total. The molecule has 0 saturated heterocycles. The summed E-state index contributed by atoms with van der Waals surface area (Å²) in [6.07, 6.45) is 1.14. The maximum Gasteiger partial charge on any atom is 0.255 e. The minimum atomic E-state index is -3.26. The summed E-state index contributed by atoms with van der Waals surface area (Å²) in [5, 5.41) is 2.81. The Morgan fingerprint density at radius 3 is 1.96 bits per heavy atom. The first-order valence-electron chi connectivity index (χ1n) is 7.81. The van der Waals surface area contributed by atoms with E-state index in [1.165, 1.54) is 24.3 Å². The first kappa shape index (κ1) is 18.0. The Labute approximate surface area is 143 Å². The van der Waals surface area contributed by atoms with Crippen molar-refractivity contribution in [1.29, 1.82) is 0 Å². The van der Waals surface area contributed by atoms with Crippen LogP contribution in [0.15, 0.2) is 53.4 Å². The van der Waals surface area contributed by atoms with Gasteiger partial charge in [-0.05, 0) is 62.4 Å². The molecular weight excluding hydrogens is 324 g/mol. The lowest BCUT2D eigenvalue weighted by Crippen LogP contribution is -2.21. The molecule has 0 radical (unpaired) electrons. The number of benzene rings is 2. The Bertz CT molecular complexity index is 793. The average Bonchev–Trinajstić information content (AvgIpc) is 2.57. The highest BCUT2D eigenvalue weighted by Crippen LogP contribution is 2.18. The first-order chi connectivity index (χ1) is 11.3. The second-order valence-electron chi connectivity index (χ2n) is 5.47. The summed E-state index contributed by atoms with van der Waals surface area (Å²) in [6, 6.07) is 13.5. The van der Waals surface area contributed by atoms with Crippen LogP contribution in [0.2, 0.25) is 0 Å². The molecule has 0 atom stereocenters. The Morgan fingerprint density at radius 1 is 0.958 bits per heavy atom. The summed E-state index contributed by atoms with van der Waals surface area (Å²) >= 11 is 0. The summed E-state index contributed by atoms with van der Waals surface area (Å²) in [5.74, 6) is -0.273. The van der Waals surface area contributed by atoms with Gasteiger partial charge in [0.15, 0.2) is 9.84 Å². The second kappa shape index (κ2) is 7.49. The number of nitrogens with zero attached hydrogens (tertiary/aromatic N) is 1. The van der Waals surface area contributed by atoms with E-state index in [4.69, 9.17) is 0 Å². The number of hydrogen-bond donors (Lipinski definition) is 1. The monoisotopic (exact) mass is 346 g/mol. The SMILES string of the molecule is CCN(CC)c1ccc(NC(=O)c2ccc(S(C)(=O)=O)cc2)cc1. The number of rotatable bonds is 6. The third kappa shape index (κ3) is 4.35. The zero-order valence-electron chi connectivity index (χ0n) is 14.1. The highest BCUT2D eigenvalue weighted by molar-refractivity contribution is 7.90. The molecule has 0 aliphatic carbocycles. The van der Waals surface area contributed by atoms with E-state index < -0.39 is 9.84 Å². The Hall–Kier alpha value is -2.34. The summed E-state index contributed by atoms with van der Waals surface area (Å²) in [4.78, 5) is 14.6. The molecule has 2 aromatic rings. The van der Waals surface area contributed by atoms with Gasteiger partial charge in [-0.2, -0.15) is 0 Å². The molecule has 24 heavy (non-hydrogen) atoms. The number of amides is 1. The minimum absolute atomic E-state index is 0.197. The van der Waals surface area contributed by atoms with Gasteiger partial charge in [0.05, 0.1) is 4.90 Å². The molecule has 0 aliphatic rings. The molecule has 0 saturated carbocycles. The lowest BCUT2D eigenvalue weighted by Gasteiger charge is -2.21. The van der Waals surface area contributed by atoms with Crippen molar-refractivity contribution in [2.24, 2.45) is 0 Å². The first-order valence-corrected chi connectivity index (χ1v) is 9.70. The Kier molecular flexibility index (Phi) is 5.62. The quantitative estimate of drug-likeness (QED) is 0.872. The van der Waals surface area contributed by atoms with Crippen molar-refractivity contribution in [3.05, 3.63) is 54.1 Å². The summed E-state index contributed by atoms with van der Waals surface area (Å²) in [5.41, 5.74) is 2.22. The predicted octanol–water partition coefficient (Wildman–Crippen LogP) is 3.19. The van der Waals surface area contributed by atoms with Gasteiger partial charge >= 0.3 is 0 Å². The fourth-order valence-corrected chi connectivity index (χ4v) is 3.03. The molecule has 0 spiro atoms. The summed E-state index contributed by atoms with van der Waals surface area (Å²) in [7, 11) is -3.26. The molecule has 2 aromatic carbocycles. The van der Waals surface area contributed by atoms with E-state index in [2.05, 4.69) is 24.1 Å². The number of anilines is 2. The zero-order chi connectivity index (χ0) is 17.7. The van der Waals surface area contributed by atoms with E-state index >= 15 is 0 Å². The zero-order valence-corrected chi connectivity index (χ0v) is 14.9. The van der Waals surface area contributed by atoms with Crippen LogP contribution in [0, 0.1) is 0 Å². The standard InChI is InChI=1S/C18H22N2O3S/c1-4-20(5-2)16-10-8-15(9-11-16)19-18(21)14-6-12-17(13-7-14)24(3,22)23/h6-13H,4-5H2,1-3H3,(H,19,21). The number of hydrogen-bond acceptors (Lipinski definition) is 4. The van der Waals surface area contributed by atoms with Crippen molar-refractivity contribution >= 4 is 27.1 Å². The molecule has 2 rings (SSSR count). The molecule has 0 unspecified atom stereocenters. The molecule has 128 valence electrons. The van der Waals surface area contributed by atoms with Gasteiger partial charge in [-0.1, -0.05) is 0 Å². The third-order valence-corrected chi connectivity index (χ3v) is 4.93. The van der Waals surface area contributed by atoms with Crippen LogP contribution >= 0.6 is 0 Å². The fourth-order valence-electron chi connectivity index (χ4n) is 2.40. The topological polar surface area (TPSA) is 66.5 Å². The van der Waals surface area contributed by atoms with Crippen molar-refractivity contribution in [3.63, 3.8) is 0 Å². The van der Waals surface area contributed by atoms with Gasteiger partial charge in [0.1, 0.15) is 0 Å². The number of carbonyl (C=O) groups excluding carboxylic acids is 1. The van der Waals surface area contributed by atoms with Crippen LogP contribution in [0.1, 0.15) is 24.2 Å². The Morgan fingerprint density at radius 2 is 1.50 bits per heavy atom. The van der Waals surface area contributed by atoms with Crippen LogP contribution in [0.4, 0.5) is 11.4 Å². The molecule has 1 amide bonds. The lowest BCUT2D eigenvalue weighted by molar-refractivity contribution is 0.102. The van der Waals surface area contributed by atoms with E-state index in [0.29, 0.717) is 11.3 Å². The smallest absolute Gasteiger partial charge is 0.255 e. The van der Waals surface area contributed by atoms with Crippen LogP contribution in [0.3, 0.4) is 0 Å². The van der Waals surface area contributed by atoms with Crippen LogP contribution in [-0.2, 0) is 9.84 Å². The van der Waals surface area contributed by atoms with Crippen molar-refractivity contribution in [1.82, 2.24) is 0 Å². The van der Waals surface area contributed by atoms with E-state index in [-0.39, 0.29) is 10.8 Å². The van der Waals surface area contributed by atoms with Gasteiger partial charge in [0.25, 0.3) is 5.91 Å². The largest absolute Gasteiger partial charge is 0.372 e. The molecule has 0 aromatic heterocycles. The molecule has 1 N–H and O–H groups in total. The van der Waals surface area contributed by atoms with E-state index in [0.717, 1.165) is 25.0 Å². The molecule has 0 fully saturated rings. The predicted molar refractivity (Wildman–Crippen MR) is 97.5 cm³/mol. The molecule has 0 aliphatic heterocycles. The lowest BCUT2D eigenvalue weighted by atomic mass is 10.2. The highest BCUT2D eigenvalue weighted by atomic mass is 32.2. The van der Waals surface area contributed by atoms with E-state index in [9.17, 15) is 13.2 Å². The van der Waals surface area contributed by atoms with Crippen LogP contribution < -0.4 is 10.2 Å². The van der Waals surface area contributed by atoms with Gasteiger partial charge in [0.2, 0.25) is 0 Å². The minimum Gasteiger partial charge on any atom is -0.372 e. The molecular formula is C18H22N2O3S. The van der Waals surface area contributed by atoms with Crippen LogP contribution in [0.25, 0.3) is 0 Å². The second-order valence-corrected chi connectivity index (χ2v) is 7.49. The van der Waals surface area contributed by atoms with Gasteiger partial charge in [-0.3, -0.25) is 4.79 Å². The van der Waals surface area contributed by atoms with Crippen molar-refractivity contribution in [3.8, 4) is 0 Å². The average molecular weight is 346 g/mol. The maximum absolute atomic E-state index is 12.2. The fraction of sp³-hybridized carbons (Fsp3) is 0.278. The highest BCUT2D eigenvalue weighted by Gasteiger charge is 2.10. The van der Waals surface area contributed by atoms with E-state index in [1.807, 2.05) is 24.3 Å². The van der Waals surface area contributed by atoms with Crippen LogP contribution in [0.5, 0.6) is 0 Å². The number of nitrogens with one attached hydrogen (secondary N) is 1. The number of sulfone groups is 1. The van der Waals surface area contributed by atoms with Gasteiger partial charge < -0.3 is 10.2 Å². The maximum atomic E-state index is 12.2. The van der Waals surface area contributed by atoms with Gasteiger partial charge in [-0.25, -0.2) is 8.42 Å². The molecule has 0 heterocycles. The summed E-state index contributed by atoms with van der Waals surface area (Å²) in [6.45, 7) is 6.04.